The fourth-order valence-corrected chi connectivity index (χ4v) is 3.17. The first-order valence-corrected chi connectivity index (χ1v) is 4.62. The molecule has 4 bridgehead atoms. The number of carbonyl (C=O) groups excluding carboxylic acids is 1. The minimum Gasteiger partial charge on any atom is -0.299 e. The van der Waals surface area contributed by atoms with Crippen molar-refractivity contribution in [3.05, 3.63) is 0 Å². The molecule has 4 rings (SSSR count). The first kappa shape index (κ1) is 4.64. The zero-order valence-electron chi connectivity index (χ0n) is 8.55. The molecule has 1 nitrogen and oxygen atoms in total. The molecule has 0 N–H and O–H groups in total. The molecule has 0 aromatic carbocycles. The molecule has 0 saturated heterocycles. The van der Waals surface area contributed by atoms with Crippen molar-refractivity contribution in [2.24, 2.45) is 23.7 Å². The van der Waals surface area contributed by atoms with Crippen molar-refractivity contribution in [3.63, 3.8) is 0 Å². The van der Waals surface area contributed by atoms with Gasteiger partial charge >= 0.3 is 0 Å². The van der Waals surface area contributed by atoms with Gasteiger partial charge in [0, 0.05) is 14.6 Å². The Morgan fingerprint density at radius 1 is 1.09 bits per heavy atom. The molecule has 1 heteroatoms. The number of carbonyl (C=O) groups is 1. The fraction of sp³-hybridized carbons (Fsp3) is 0.900. The van der Waals surface area contributed by atoms with Crippen LogP contribution in [0.1, 0.15) is 34.8 Å². The van der Waals surface area contributed by atoms with E-state index in [9.17, 15) is 4.79 Å². The quantitative estimate of drug-likeness (QED) is 0.519. The van der Waals surface area contributed by atoms with Crippen molar-refractivity contribution in [1.82, 2.24) is 0 Å². The van der Waals surface area contributed by atoms with Gasteiger partial charge in [0.05, 0.1) is 0 Å². The Labute approximate surface area is 70.0 Å². The summed E-state index contributed by atoms with van der Waals surface area (Å²) in [5.41, 5.74) is 0. The molecule has 4 aliphatic carbocycles. The van der Waals surface area contributed by atoms with Crippen LogP contribution in [0, 0.1) is 23.7 Å². The van der Waals surface area contributed by atoms with Gasteiger partial charge in [0.25, 0.3) is 0 Å². The molecule has 0 radical (unpaired) electrons. The molecule has 0 aliphatic heterocycles. The van der Waals surface area contributed by atoms with E-state index in [4.69, 9.17) is 2.74 Å². The molecule has 11 heavy (non-hydrogen) atoms. The van der Waals surface area contributed by atoms with Gasteiger partial charge in [-0.2, -0.15) is 0 Å². The third-order valence-corrected chi connectivity index (χ3v) is 3.56. The monoisotopic (exact) mass is 152 g/mol. The predicted molar refractivity (Wildman–Crippen MR) is 42.1 cm³/mol. The normalized spacial score (nSPS) is 60.9. The van der Waals surface area contributed by atoms with Gasteiger partial charge in [0.2, 0.25) is 0 Å². The van der Waals surface area contributed by atoms with Crippen molar-refractivity contribution in [2.75, 3.05) is 0 Å². The topological polar surface area (TPSA) is 17.1 Å². The summed E-state index contributed by atoms with van der Waals surface area (Å²) in [6, 6.07) is 0. The van der Waals surface area contributed by atoms with Gasteiger partial charge in [-0.1, -0.05) is 0 Å². The Morgan fingerprint density at radius 3 is 2.73 bits per heavy atom. The zero-order valence-corrected chi connectivity index (χ0v) is 6.55. The Kier molecular flexibility index (Phi) is 0.792. The van der Waals surface area contributed by atoms with Crippen molar-refractivity contribution in [1.29, 1.82) is 0 Å². The van der Waals surface area contributed by atoms with Gasteiger partial charge < -0.3 is 0 Å². The molecule has 0 aromatic rings. The van der Waals surface area contributed by atoms with E-state index in [1.807, 2.05) is 0 Å². The summed E-state index contributed by atoms with van der Waals surface area (Å²) in [5.74, 6) is 1.07. The van der Waals surface area contributed by atoms with E-state index in [1.165, 1.54) is 0 Å². The summed E-state index contributed by atoms with van der Waals surface area (Å²) in [6.45, 7) is 0. The summed E-state index contributed by atoms with van der Waals surface area (Å²) >= 11 is 0. The maximum atomic E-state index is 11.7. The molecule has 4 aliphatic rings. The largest absolute Gasteiger partial charge is 0.299 e. The highest BCUT2D eigenvalue weighted by Gasteiger charge is 2.47. The van der Waals surface area contributed by atoms with E-state index in [1.54, 1.807) is 0 Å². The van der Waals surface area contributed by atoms with Crippen LogP contribution in [0.3, 0.4) is 0 Å². The fourth-order valence-electron chi connectivity index (χ4n) is 3.17. The van der Waals surface area contributed by atoms with Crippen LogP contribution in [0.25, 0.3) is 0 Å². The summed E-state index contributed by atoms with van der Waals surface area (Å²) in [4.78, 5) is 11.7. The molecule has 4 saturated carbocycles. The van der Waals surface area contributed by atoms with Gasteiger partial charge in [-0.25, -0.2) is 0 Å². The Bertz CT molecular complexity index is 274. The SMILES string of the molecule is [2H]C1([2H])C2CC3CC(C2)C(=O)C1C3. The number of rotatable bonds is 0. The second-order valence-corrected chi connectivity index (χ2v) is 4.32. The van der Waals surface area contributed by atoms with E-state index in [2.05, 4.69) is 0 Å². The molecule has 60 valence electrons. The van der Waals surface area contributed by atoms with Gasteiger partial charge in [-0.15, -0.1) is 0 Å². The van der Waals surface area contributed by atoms with Crippen molar-refractivity contribution < 1.29 is 7.54 Å². The Balaban J connectivity index is 2.03. The van der Waals surface area contributed by atoms with E-state index < -0.39 is 6.37 Å². The van der Waals surface area contributed by atoms with Crippen LogP contribution < -0.4 is 0 Å². The number of hydrogen-bond acceptors (Lipinski definition) is 1. The van der Waals surface area contributed by atoms with Crippen LogP contribution in [-0.2, 0) is 4.79 Å². The lowest BCUT2D eigenvalue weighted by atomic mass is 9.56. The van der Waals surface area contributed by atoms with Crippen LogP contribution in [0.2, 0.25) is 0 Å². The van der Waals surface area contributed by atoms with Crippen LogP contribution in [0.4, 0.5) is 0 Å². The Hall–Kier alpha value is -0.330. The lowest BCUT2D eigenvalue weighted by molar-refractivity contribution is -0.139. The highest BCUT2D eigenvalue weighted by atomic mass is 16.1. The van der Waals surface area contributed by atoms with Crippen LogP contribution in [0.5, 0.6) is 0 Å². The van der Waals surface area contributed by atoms with Crippen molar-refractivity contribution >= 4 is 5.78 Å². The Morgan fingerprint density at radius 2 is 1.82 bits per heavy atom. The van der Waals surface area contributed by atoms with Crippen LogP contribution >= 0.6 is 0 Å². The maximum Gasteiger partial charge on any atom is 0.139 e. The molecule has 0 spiro atoms. The first-order valence-electron chi connectivity index (χ1n) is 5.62. The van der Waals surface area contributed by atoms with Crippen molar-refractivity contribution in [3.8, 4) is 0 Å². The molecule has 4 unspecified atom stereocenters. The molecule has 0 amide bonds. The standard InChI is InChI=1S/C10H14O/c11-10-8-2-6-1-7(4-8)5-9(10)3-6/h6-9H,1-5H2/i2D2. The molecule has 4 atom stereocenters. The van der Waals surface area contributed by atoms with E-state index >= 15 is 0 Å². The van der Waals surface area contributed by atoms with Gasteiger partial charge in [-0.05, 0) is 43.9 Å². The minimum absolute atomic E-state index is 0.188. The average Bonchev–Trinajstić information content (AvgIpc) is 2.08. The minimum atomic E-state index is -1.18. The summed E-state index contributed by atoms with van der Waals surface area (Å²) in [6.07, 6.45) is 2.58. The summed E-state index contributed by atoms with van der Waals surface area (Å²) < 4.78 is 15.9. The summed E-state index contributed by atoms with van der Waals surface area (Å²) in [5, 5.41) is 0. The van der Waals surface area contributed by atoms with E-state index in [0.717, 1.165) is 25.7 Å². The first-order chi connectivity index (χ1) is 6.09. The van der Waals surface area contributed by atoms with E-state index in [0.29, 0.717) is 5.92 Å². The average molecular weight is 152 g/mol. The molecule has 0 heterocycles. The highest BCUT2D eigenvalue weighted by molar-refractivity contribution is 5.85. The van der Waals surface area contributed by atoms with Gasteiger partial charge in [0.1, 0.15) is 5.78 Å². The third-order valence-electron chi connectivity index (χ3n) is 3.56. The van der Waals surface area contributed by atoms with Gasteiger partial charge in [0.15, 0.2) is 0 Å². The smallest absolute Gasteiger partial charge is 0.139 e. The molecular formula is C10H14O. The molecule has 0 aromatic heterocycles. The zero-order chi connectivity index (χ0) is 9.22. The third kappa shape index (κ3) is 0.743. The van der Waals surface area contributed by atoms with E-state index in [-0.39, 0.29) is 23.5 Å². The van der Waals surface area contributed by atoms with Crippen LogP contribution in [-0.4, -0.2) is 5.78 Å². The van der Waals surface area contributed by atoms with Crippen molar-refractivity contribution in [2.45, 2.75) is 32.1 Å². The maximum absolute atomic E-state index is 11.7. The van der Waals surface area contributed by atoms with Crippen LogP contribution in [0.15, 0.2) is 0 Å². The lowest BCUT2D eigenvalue weighted by Gasteiger charge is -2.48. The number of hydrogen-bond donors (Lipinski definition) is 0. The molecular weight excluding hydrogens is 136 g/mol. The number of Topliss-reactive ketones (excluding diaryl/α,β-unsaturated/α-hetero) is 1. The lowest BCUT2D eigenvalue weighted by Crippen LogP contribution is -2.45. The number of ketones is 1. The highest BCUT2D eigenvalue weighted by Crippen LogP contribution is 2.51. The molecule has 4 fully saturated rings. The van der Waals surface area contributed by atoms with Gasteiger partial charge in [-0.3, -0.25) is 4.79 Å². The second kappa shape index (κ2) is 1.88. The predicted octanol–water partition coefficient (Wildman–Crippen LogP) is 2.01. The second-order valence-electron chi connectivity index (χ2n) is 4.32. The summed E-state index contributed by atoms with van der Waals surface area (Å²) in [7, 11) is 0.